The molecule has 0 radical (unpaired) electrons. The Balaban J connectivity index is 1.51. The van der Waals surface area contributed by atoms with Crippen molar-refractivity contribution >= 4 is 35.5 Å². The Kier molecular flexibility index (Phi) is 9.87. The number of nitrogens with zero attached hydrogens (tertiary/aromatic N) is 4. The number of aromatic nitrogens is 3. The molecule has 4 rings (SSSR count). The Morgan fingerprint density at radius 3 is 2.30 bits per heavy atom. The number of amides is 1. The average Bonchev–Trinajstić information content (AvgIpc) is 3.40. The van der Waals surface area contributed by atoms with Crippen molar-refractivity contribution in [2.45, 2.75) is 12.1 Å². The largest absolute Gasteiger partial charge is 0.496 e. The van der Waals surface area contributed by atoms with Crippen LogP contribution in [-0.2, 0) is 4.79 Å². The number of halogens is 1. The van der Waals surface area contributed by atoms with Crippen LogP contribution in [0.5, 0.6) is 23.0 Å². The first-order valence-corrected chi connectivity index (χ1v) is 13.5. The number of ether oxygens (including phenoxy) is 4. The maximum atomic E-state index is 12.7. The van der Waals surface area contributed by atoms with Crippen molar-refractivity contribution in [3.05, 3.63) is 71.2 Å². The number of thioether (sulfide) groups is 1. The van der Waals surface area contributed by atoms with Crippen molar-refractivity contribution in [3.63, 3.8) is 0 Å². The molecular weight excluding hydrogens is 554 g/mol. The highest BCUT2D eigenvalue weighted by molar-refractivity contribution is 7.99. The van der Waals surface area contributed by atoms with Crippen LogP contribution in [0.25, 0.3) is 17.1 Å². The van der Waals surface area contributed by atoms with Gasteiger partial charge < -0.3 is 18.9 Å². The summed E-state index contributed by atoms with van der Waals surface area (Å²) in [6.45, 7) is 2.50. The summed E-state index contributed by atoms with van der Waals surface area (Å²) in [7, 11) is 4.61. The zero-order valence-electron chi connectivity index (χ0n) is 22.4. The van der Waals surface area contributed by atoms with Gasteiger partial charge in [0.05, 0.1) is 39.9 Å². The molecule has 0 atom stereocenters. The van der Waals surface area contributed by atoms with Crippen LogP contribution in [0.4, 0.5) is 0 Å². The number of carbonyl (C=O) groups is 1. The minimum atomic E-state index is -0.324. The van der Waals surface area contributed by atoms with Gasteiger partial charge in [-0.15, -0.1) is 10.2 Å². The van der Waals surface area contributed by atoms with Crippen LogP contribution < -0.4 is 24.4 Å². The second-order valence-electron chi connectivity index (χ2n) is 8.11. The van der Waals surface area contributed by atoms with E-state index in [4.69, 9.17) is 30.5 Å². The quantitative estimate of drug-likeness (QED) is 0.137. The first kappa shape index (κ1) is 28.8. The van der Waals surface area contributed by atoms with E-state index in [9.17, 15) is 4.79 Å². The van der Waals surface area contributed by atoms with Crippen LogP contribution in [0, 0.1) is 0 Å². The number of benzene rings is 3. The minimum Gasteiger partial charge on any atom is -0.496 e. The summed E-state index contributed by atoms with van der Waals surface area (Å²) in [4.78, 5) is 12.7. The number of hydrazone groups is 1. The van der Waals surface area contributed by atoms with Gasteiger partial charge in [-0.05, 0) is 61.5 Å². The van der Waals surface area contributed by atoms with Crippen LogP contribution in [0.1, 0.15) is 12.5 Å². The van der Waals surface area contributed by atoms with E-state index < -0.39 is 0 Å². The molecule has 1 heterocycles. The van der Waals surface area contributed by atoms with Gasteiger partial charge >= 0.3 is 0 Å². The predicted molar refractivity (Wildman–Crippen MR) is 156 cm³/mol. The molecule has 0 unspecified atom stereocenters. The molecule has 0 fully saturated rings. The van der Waals surface area contributed by atoms with Gasteiger partial charge in [-0.1, -0.05) is 23.4 Å². The van der Waals surface area contributed by atoms with Gasteiger partial charge in [-0.2, -0.15) is 5.10 Å². The molecule has 208 valence electrons. The summed E-state index contributed by atoms with van der Waals surface area (Å²) in [5, 5.41) is 14.0. The lowest BCUT2D eigenvalue weighted by molar-refractivity contribution is -0.118. The number of nitrogens with one attached hydrogen (secondary N) is 1. The number of carbonyl (C=O) groups excluding carboxylic acids is 1. The lowest BCUT2D eigenvalue weighted by Gasteiger charge is -2.12. The van der Waals surface area contributed by atoms with E-state index in [-0.39, 0.29) is 11.7 Å². The maximum Gasteiger partial charge on any atom is 0.250 e. The molecule has 4 aromatic rings. The fraction of sp³-hybridized carbons (Fsp3) is 0.214. The normalized spacial score (nSPS) is 10.9. The molecule has 1 amide bonds. The van der Waals surface area contributed by atoms with Crippen LogP contribution in [0.15, 0.2) is 70.9 Å². The Morgan fingerprint density at radius 2 is 1.65 bits per heavy atom. The van der Waals surface area contributed by atoms with E-state index in [0.717, 1.165) is 17.0 Å². The maximum absolute atomic E-state index is 12.7. The molecule has 0 aliphatic rings. The van der Waals surface area contributed by atoms with Crippen LogP contribution in [0.2, 0.25) is 5.02 Å². The molecular formula is C28H28ClN5O5S. The molecule has 0 bridgehead atoms. The van der Waals surface area contributed by atoms with Crippen LogP contribution >= 0.6 is 23.4 Å². The molecule has 40 heavy (non-hydrogen) atoms. The summed E-state index contributed by atoms with van der Waals surface area (Å²) in [6.07, 6.45) is 1.48. The number of hydrogen-bond acceptors (Lipinski definition) is 9. The van der Waals surface area contributed by atoms with E-state index in [0.29, 0.717) is 45.4 Å². The monoisotopic (exact) mass is 581 g/mol. The minimum absolute atomic E-state index is 0.0518. The zero-order chi connectivity index (χ0) is 28.5. The second-order valence-corrected chi connectivity index (χ2v) is 9.49. The van der Waals surface area contributed by atoms with E-state index in [1.165, 1.54) is 39.3 Å². The van der Waals surface area contributed by atoms with Gasteiger partial charge in [-0.25, -0.2) is 5.43 Å². The molecule has 0 aliphatic heterocycles. The van der Waals surface area contributed by atoms with Crippen molar-refractivity contribution in [1.29, 1.82) is 0 Å². The molecule has 10 nitrogen and oxygen atoms in total. The molecule has 0 aliphatic carbocycles. The Morgan fingerprint density at radius 1 is 0.975 bits per heavy atom. The molecule has 0 spiro atoms. The third kappa shape index (κ3) is 6.85. The average molecular weight is 582 g/mol. The molecule has 1 aromatic heterocycles. The van der Waals surface area contributed by atoms with Crippen molar-refractivity contribution in [2.75, 3.05) is 33.7 Å². The van der Waals surface area contributed by atoms with E-state index >= 15 is 0 Å². The van der Waals surface area contributed by atoms with Gasteiger partial charge in [0.15, 0.2) is 22.5 Å². The fourth-order valence-corrected chi connectivity index (χ4v) is 4.60. The summed E-state index contributed by atoms with van der Waals surface area (Å²) in [5.41, 5.74) is 4.79. The molecule has 3 aromatic carbocycles. The van der Waals surface area contributed by atoms with Gasteiger partial charge in [0, 0.05) is 27.9 Å². The number of rotatable bonds is 12. The first-order chi connectivity index (χ1) is 19.5. The summed E-state index contributed by atoms with van der Waals surface area (Å²) in [6, 6.07) is 18.3. The Bertz CT molecular complexity index is 1480. The highest BCUT2D eigenvalue weighted by Crippen LogP contribution is 2.34. The van der Waals surface area contributed by atoms with Crippen LogP contribution in [0.3, 0.4) is 0 Å². The zero-order valence-corrected chi connectivity index (χ0v) is 24.0. The molecule has 1 N–H and O–H groups in total. The van der Waals surface area contributed by atoms with Gasteiger partial charge in [0.25, 0.3) is 5.91 Å². The topological polar surface area (TPSA) is 109 Å². The fourth-order valence-electron chi connectivity index (χ4n) is 3.73. The Hall–Kier alpha value is -4.22. The third-order valence-corrected chi connectivity index (χ3v) is 6.78. The van der Waals surface area contributed by atoms with Crippen molar-refractivity contribution in [3.8, 4) is 40.1 Å². The van der Waals surface area contributed by atoms with Crippen molar-refractivity contribution in [2.24, 2.45) is 5.10 Å². The molecule has 12 heteroatoms. The van der Waals surface area contributed by atoms with Crippen molar-refractivity contribution < 1.29 is 23.7 Å². The van der Waals surface area contributed by atoms with Crippen molar-refractivity contribution in [1.82, 2.24) is 20.2 Å². The van der Waals surface area contributed by atoms with E-state index in [1.54, 1.807) is 24.3 Å². The standard InChI is InChI=1S/C28H28ClN5O5S/c1-5-39-22-12-10-21(11-13-22)34-27(18-6-8-20(29)9-7-18)32-33-28(34)40-17-26(35)31-30-16-19-14-24(37-3)25(38-4)15-23(19)36-2/h6-16H,5,17H2,1-4H3,(H,31,35)/b30-16+. The summed E-state index contributed by atoms with van der Waals surface area (Å²) < 4.78 is 23.5. The highest BCUT2D eigenvalue weighted by atomic mass is 35.5. The Labute approximate surface area is 241 Å². The lowest BCUT2D eigenvalue weighted by atomic mass is 10.2. The van der Waals surface area contributed by atoms with E-state index in [1.807, 2.05) is 47.9 Å². The second kappa shape index (κ2) is 13.7. The molecule has 0 saturated carbocycles. The van der Waals surface area contributed by atoms with Crippen LogP contribution in [-0.4, -0.2) is 60.6 Å². The van der Waals surface area contributed by atoms with Gasteiger partial charge in [-0.3, -0.25) is 9.36 Å². The summed E-state index contributed by atoms with van der Waals surface area (Å²) >= 11 is 7.32. The van der Waals surface area contributed by atoms with Gasteiger partial charge in [0.2, 0.25) is 0 Å². The van der Waals surface area contributed by atoms with E-state index in [2.05, 4.69) is 20.7 Å². The SMILES string of the molecule is CCOc1ccc(-n2c(SCC(=O)N/N=C/c3cc(OC)c(OC)cc3OC)nnc2-c2ccc(Cl)cc2)cc1. The lowest BCUT2D eigenvalue weighted by Crippen LogP contribution is -2.20. The third-order valence-electron chi connectivity index (χ3n) is 5.60. The summed E-state index contributed by atoms with van der Waals surface area (Å²) in [5.74, 6) is 2.64. The number of hydrogen-bond donors (Lipinski definition) is 1. The molecule has 0 saturated heterocycles. The number of methoxy groups -OCH3 is 3. The highest BCUT2D eigenvalue weighted by Gasteiger charge is 2.18. The van der Waals surface area contributed by atoms with Gasteiger partial charge in [0.1, 0.15) is 11.5 Å². The predicted octanol–water partition coefficient (Wildman–Crippen LogP) is 5.25. The smallest absolute Gasteiger partial charge is 0.250 e. The first-order valence-electron chi connectivity index (χ1n) is 12.2.